The van der Waals surface area contributed by atoms with E-state index in [9.17, 15) is 19.3 Å². The van der Waals surface area contributed by atoms with Crippen LogP contribution in [-0.2, 0) is 13.8 Å². The number of aliphatic hydroxyl groups is 1. The Morgan fingerprint density at radius 2 is 2.00 bits per heavy atom. The molecule has 0 aliphatic carbocycles. The summed E-state index contributed by atoms with van der Waals surface area (Å²) in [5, 5.41) is 13.2. The number of halogens is 1. The van der Waals surface area contributed by atoms with Gasteiger partial charge in [0.25, 0.3) is 5.56 Å². The molecule has 0 unspecified atom stereocenters. The number of benzene rings is 1. The molecule has 0 radical (unpaired) electrons. The molecule has 2 aromatic rings. The van der Waals surface area contributed by atoms with E-state index >= 15 is 4.39 Å². The third-order valence-corrected chi connectivity index (χ3v) is 6.39. The monoisotopic (exact) mass is 457 g/mol. The number of hydrogen-bond donors (Lipinski definition) is 3. The minimum Gasteiger partial charge on any atom is -0.413 e. The highest BCUT2D eigenvalue weighted by atomic mass is 31.2. The van der Waals surface area contributed by atoms with Crippen LogP contribution in [0.15, 0.2) is 52.2 Å². The molecule has 170 valence electrons. The Hall–Kier alpha value is -2.30. The van der Waals surface area contributed by atoms with Gasteiger partial charge in [-0.1, -0.05) is 18.2 Å². The summed E-state index contributed by atoms with van der Waals surface area (Å²) in [5.41, 5.74) is -3.94. The molecular formula is C19H25FN3O7P. The van der Waals surface area contributed by atoms with Gasteiger partial charge in [0.15, 0.2) is 11.9 Å². The number of nitrogens with one attached hydrogen (secondary N) is 2. The summed E-state index contributed by atoms with van der Waals surface area (Å²) in [5.74, 6) is 0.292. The molecule has 5 atom stereocenters. The Morgan fingerprint density at radius 1 is 1.32 bits per heavy atom. The zero-order valence-electron chi connectivity index (χ0n) is 17.2. The van der Waals surface area contributed by atoms with E-state index in [1.54, 1.807) is 44.2 Å². The highest BCUT2D eigenvalue weighted by Gasteiger charge is 2.55. The molecule has 1 saturated heterocycles. The number of para-hydroxylation sites is 1. The maximum Gasteiger partial charge on any atom is 0.459 e. The van der Waals surface area contributed by atoms with Gasteiger partial charge in [-0.15, -0.1) is 0 Å². The molecule has 0 spiro atoms. The van der Waals surface area contributed by atoms with Crippen LogP contribution in [0.1, 0.15) is 27.0 Å². The lowest BCUT2D eigenvalue weighted by Crippen LogP contribution is -2.43. The Kier molecular flexibility index (Phi) is 6.82. The number of H-pyrrole nitrogens is 1. The lowest BCUT2D eigenvalue weighted by atomic mass is 9.98. The normalized spacial score (nSPS) is 27.9. The maximum atomic E-state index is 15.3. The summed E-state index contributed by atoms with van der Waals surface area (Å²) in [6.07, 6.45) is -3.43. The van der Waals surface area contributed by atoms with Crippen LogP contribution in [0, 0.1) is 0 Å². The first kappa shape index (κ1) is 23.4. The zero-order chi connectivity index (χ0) is 22.8. The largest absolute Gasteiger partial charge is 0.459 e. The third-order valence-electron chi connectivity index (χ3n) is 4.61. The molecule has 0 amide bonds. The van der Waals surface area contributed by atoms with E-state index in [2.05, 4.69) is 5.09 Å². The Bertz CT molecular complexity index is 1060. The van der Waals surface area contributed by atoms with Gasteiger partial charge in [-0.05, 0) is 32.9 Å². The predicted molar refractivity (Wildman–Crippen MR) is 110 cm³/mol. The molecule has 0 saturated carbocycles. The molecule has 31 heavy (non-hydrogen) atoms. The average Bonchev–Trinajstić information content (AvgIpc) is 2.90. The second-order valence-corrected chi connectivity index (χ2v) is 9.32. The van der Waals surface area contributed by atoms with Gasteiger partial charge in [-0.25, -0.2) is 18.8 Å². The van der Waals surface area contributed by atoms with Crippen LogP contribution in [-0.4, -0.2) is 45.2 Å². The van der Waals surface area contributed by atoms with E-state index in [1.807, 2.05) is 4.98 Å². The van der Waals surface area contributed by atoms with E-state index in [-0.39, 0.29) is 6.04 Å². The topological polar surface area (TPSA) is 132 Å². The van der Waals surface area contributed by atoms with Crippen molar-refractivity contribution < 1.29 is 27.8 Å². The van der Waals surface area contributed by atoms with Crippen LogP contribution >= 0.6 is 7.75 Å². The van der Waals surface area contributed by atoms with Crippen molar-refractivity contribution in [2.75, 3.05) is 6.61 Å². The van der Waals surface area contributed by atoms with Crippen molar-refractivity contribution >= 4 is 7.75 Å². The van der Waals surface area contributed by atoms with E-state index < -0.39 is 49.7 Å². The number of rotatable bonds is 8. The molecule has 3 N–H and O–H groups in total. The van der Waals surface area contributed by atoms with E-state index in [0.29, 0.717) is 5.75 Å². The van der Waals surface area contributed by atoms with Gasteiger partial charge in [0.2, 0.25) is 0 Å². The van der Waals surface area contributed by atoms with Crippen molar-refractivity contribution in [2.24, 2.45) is 0 Å². The van der Waals surface area contributed by atoms with Crippen LogP contribution in [0.3, 0.4) is 0 Å². The average molecular weight is 457 g/mol. The summed E-state index contributed by atoms with van der Waals surface area (Å²) >= 11 is 0. The molecule has 1 aromatic carbocycles. The fourth-order valence-corrected chi connectivity index (χ4v) is 4.72. The van der Waals surface area contributed by atoms with Crippen molar-refractivity contribution in [1.82, 2.24) is 14.6 Å². The minimum atomic E-state index is -3.91. The molecule has 1 aromatic heterocycles. The lowest BCUT2D eigenvalue weighted by Gasteiger charge is -2.25. The van der Waals surface area contributed by atoms with Crippen LogP contribution in [0.25, 0.3) is 0 Å². The highest BCUT2D eigenvalue weighted by molar-refractivity contribution is 7.52. The van der Waals surface area contributed by atoms with Crippen molar-refractivity contribution in [3.05, 3.63) is 63.4 Å². The number of alkyl halides is 1. The van der Waals surface area contributed by atoms with Crippen molar-refractivity contribution in [3.8, 4) is 5.75 Å². The number of aliphatic hydroxyl groups excluding tert-OH is 1. The number of aromatic amines is 1. The second-order valence-electron chi connectivity index (χ2n) is 7.62. The highest BCUT2D eigenvalue weighted by Crippen LogP contribution is 2.47. The molecule has 2 heterocycles. The molecule has 10 nitrogen and oxygen atoms in total. The van der Waals surface area contributed by atoms with Crippen molar-refractivity contribution in [3.63, 3.8) is 0 Å². The standard InChI is InChI=1S/C19H25FN3O7P/c1-12(2)22-31(27,30-13-7-5-4-6-8-13)28-11-14-16(25)19(3,20)17(29-14)23-10-9-15(24)21-18(23)26/h4-10,12,14,16-17,25H,11H2,1-3H3,(H,22,27)(H,21,24,26)/t14-,16-,17-,19-,31+/m1/s1. The summed E-state index contributed by atoms with van der Waals surface area (Å²) < 4.78 is 45.8. The van der Waals surface area contributed by atoms with Gasteiger partial charge >= 0.3 is 13.4 Å². The maximum absolute atomic E-state index is 15.3. The number of hydrogen-bond acceptors (Lipinski definition) is 7. The SMILES string of the molecule is CC(C)N[P@](=O)(OC[C@H]1O[C@@H](n2ccc(=O)[nH]c2=O)[C@](C)(F)[C@@H]1O)Oc1ccccc1. The van der Waals surface area contributed by atoms with E-state index in [1.165, 1.54) is 0 Å². The Balaban J connectivity index is 1.78. The third kappa shape index (κ3) is 5.31. The first-order valence-electron chi connectivity index (χ1n) is 9.63. The second kappa shape index (κ2) is 9.05. The molecule has 12 heteroatoms. The molecule has 1 aliphatic heterocycles. The van der Waals surface area contributed by atoms with Gasteiger partial charge in [-0.2, -0.15) is 0 Å². The molecule has 3 rings (SSSR count). The summed E-state index contributed by atoms with van der Waals surface area (Å²) in [7, 11) is -3.91. The van der Waals surface area contributed by atoms with Crippen LogP contribution in [0.4, 0.5) is 4.39 Å². The van der Waals surface area contributed by atoms with Gasteiger partial charge < -0.3 is 14.4 Å². The molecule has 1 fully saturated rings. The first-order chi connectivity index (χ1) is 14.5. The zero-order valence-corrected chi connectivity index (χ0v) is 18.1. The van der Waals surface area contributed by atoms with Crippen LogP contribution < -0.4 is 20.9 Å². The summed E-state index contributed by atoms with van der Waals surface area (Å²) in [6, 6.07) is 9.10. The van der Waals surface area contributed by atoms with Crippen molar-refractivity contribution in [1.29, 1.82) is 0 Å². The van der Waals surface area contributed by atoms with Gasteiger partial charge in [-0.3, -0.25) is 18.9 Å². The predicted octanol–water partition coefficient (Wildman–Crippen LogP) is 1.72. The van der Waals surface area contributed by atoms with Crippen LogP contribution in [0.5, 0.6) is 5.75 Å². The quantitative estimate of drug-likeness (QED) is 0.511. The molecule has 0 bridgehead atoms. The fraction of sp³-hybridized carbons (Fsp3) is 0.474. The van der Waals surface area contributed by atoms with Gasteiger partial charge in [0.1, 0.15) is 18.0 Å². The lowest BCUT2D eigenvalue weighted by molar-refractivity contribution is -0.0593. The number of nitrogens with zero attached hydrogens (tertiary/aromatic N) is 1. The molecule has 1 aliphatic rings. The van der Waals surface area contributed by atoms with Gasteiger partial charge in [0, 0.05) is 18.3 Å². The van der Waals surface area contributed by atoms with E-state index in [0.717, 1.165) is 23.8 Å². The Labute approximate surface area is 177 Å². The van der Waals surface area contributed by atoms with Crippen LogP contribution in [0.2, 0.25) is 0 Å². The smallest absolute Gasteiger partial charge is 0.413 e. The fourth-order valence-electron chi connectivity index (χ4n) is 3.16. The molecular weight excluding hydrogens is 432 g/mol. The van der Waals surface area contributed by atoms with Gasteiger partial charge in [0.05, 0.1) is 6.61 Å². The summed E-state index contributed by atoms with van der Waals surface area (Å²) in [6.45, 7) is 4.05. The number of aromatic nitrogens is 2. The Morgan fingerprint density at radius 3 is 2.61 bits per heavy atom. The number of ether oxygens (including phenoxy) is 1. The first-order valence-corrected chi connectivity index (χ1v) is 11.2. The summed E-state index contributed by atoms with van der Waals surface area (Å²) in [4.78, 5) is 25.3. The van der Waals surface area contributed by atoms with Crippen molar-refractivity contribution in [2.45, 2.75) is 50.9 Å². The van der Waals surface area contributed by atoms with E-state index in [4.69, 9.17) is 13.8 Å². The minimum absolute atomic E-state index is 0.275.